The highest BCUT2D eigenvalue weighted by Crippen LogP contribution is 2.23. The number of guanidine groups is 1. The molecule has 0 atom stereocenters. The number of hydrogen-bond donors (Lipinski definition) is 3. The van der Waals surface area contributed by atoms with Gasteiger partial charge in [-0.2, -0.15) is 0 Å². The smallest absolute Gasteiger partial charge is 0.339 e. The molecular weight excluding hydrogens is 334 g/mol. The Labute approximate surface area is 146 Å². The fourth-order valence-corrected chi connectivity index (χ4v) is 2.69. The van der Waals surface area contributed by atoms with Crippen LogP contribution in [-0.4, -0.2) is 41.0 Å². The second-order valence-corrected chi connectivity index (χ2v) is 5.63. The summed E-state index contributed by atoms with van der Waals surface area (Å²) < 4.78 is 5.17. The van der Waals surface area contributed by atoms with E-state index in [1.165, 1.54) is 12.1 Å². The monoisotopic (exact) mass is 355 g/mol. The minimum Gasteiger partial charge on any atom is -0.478 e. The SMILES string of the molecule is Cl.N=C(N)N1CCC(CCC(=O)Oc2ccccc2C(=O)O)CC1. The number of nitrogens with one attached hydrogen (secondary N) is 1. The van der Waals surface area contributed by atoms with E-state index in [1.54, 1.807) is 12.1 Å². The van der Waals surface area contributed by atoms with Gasteiger partial charge in [0.15, 0.2) is 5.96 Å². The Morgan fingerprint density at radius 1 is 1.29 bits per heavy atom. The van der Waals surface area contributed by atoms with Crippen molar-refractivity contribution < 1.29 is 19.4 Å². The van der Waals surface area contributed by atoms with Crippen LogP contribution >= 0.6 is 12.4 Å². The maximum absolute atomic E-state index is 11.9. The summed E-state index contributed by atoms with van der Waals surface area (Å²) in [4.78, 5) is 24.8. The Bertz CT molecular complexity index is 601. The molecule has 0 bridgehead atoms. The third-order valence-electron chi connectivity index (χ3n) is 4.05. The van der Waals surface area contributed by atoms with Gasteiger partial charge in [-0.3, -0.25) is 10.2 Å². The number of hydrogen-bond acceptors (Lipinski definition) is 4. The second-order valence-electron chi connectivity index (χ2n) is 5.63. The van der Waals surface area contributed by atoms with Gasteiger partial charge in [0.2, 0.25) is 0 Å². The van der Waals surface area contributed by atoms with E-state index in [4.69, 9.17) is 21.0 Å². The molecular formula is C16H22ClN3O4. The number of aromatic carboxylic acids is 1. The molecule has 8 heteroatoms. The van der Waals surface area contributed by atoms with Crippen molar-refractivity contribution in [1.82, 2.24) is 4.90 Å². The number of piperidine rings is 1. The largest absolute Gasteiger partial charge is 0.478 e. The van der Waals surface area contributed by atoms with Crippen molar-refractivity contribution in [3.8, 4) is 5.75 Å². The van der Waals surface area contributed by atoms with Crippen molar-refractivity contribution in [3.05, 3.63) is 29.8 Å². The lowest BCUT2D eigenvalue weighted by Gasteiger charge is -2.31. The van der Waals surface area contributed by atoms with Gasteiger partial charge in [0.25, 0.3) is 0 Å². The van der Waals surface area contributed by atoms with Gasteiger partial charge < -0.3 is 20.5 Å². The van der Waals surface area contributed by atoms with Crippen LogP contribution in [0.25, 0.3) is 0 Å². The maximum Gasteiger partial charge on any atom is 0.339 e. The first kappa shape index (κ1) is 19.8. The van der Waals surface area contributed by atoms with Crippen molar-refractivity contribution in [2.45, 2.75) is 25.7 Å². The molecule has 1 heterocycles. The van der Waals surface area contributed by atoms with Crippen molar-refractivity contribution >= 4 is 30.3 Å². The summed E-state index contributed by atoms with van der Waals surface area (Å²) in [6, 6.07) is 6.10. The van der Waals surface area contributed by atoms with Crippen molar-refractivity contribution in [2.75, 3.05) is 13.1 Å². The lowest BCUT2D eigenvalue weighted by molar-refractivity contribution is -0.134. The molecule has 1 aliphatic heterocycles. The molecule has 7 nitrogen and oxygen atoms in total. The fraction of sp³-hybridized carbons (Fsp3) is 0.438. The molecule has 1 fully saturated rings. The second kappa shape index (κ2) is 9.12. The maximum atomic E-state index is 11.9. The number of benzene rings is 1. The van der Waals surface area contributed by atoms with Crippen molar-refractivity contribution in [3.63, 3.8) is 0 Å². The molecule has 1 saturated heterocycles. The van der Waals surface area contributed by atoms with E-state index in [2.05, 4.69) is 0 Å². The molecule has 2 rings (SSSR count). The zero-order valence-corrected chi connectivity index (χ0v) is 14.1. The summed E-state index contributed by atoms with van der Waals surface area (Å²) in [6.45, 7) is 1.47. The molecule has 1 aromatic carbocycles. The molecule has 0 unspecified atom stereocenters. The standard InChI is InChI=1S/C16H21N3O4.ClH/c17-16(18)19-9-7-11(8-10-19)5-6-14(20)23-13-4-2-1-3-12(13)15(21)22;/h1-4,11H,5-10H2,(H3,17,18)(H,21,22);1H. The number of nitrogens with zero attached hydrogens (tertiary/aromatic N) is 1. The van der Waals surface area contributed by atoms with Gasteiger partial charge >= 0.3 is 11.9 Å². The number of likely N-dealkylation sites (tertiary alicyclic amines) is 1. The van der Waals surface area contributed by atoms with Crippen LogP contribution in [0.2, 0.25) is 0 Å². The number of esters is 1. The Kier molecular flexibility index (Phi) is 7.51. The highest BCUT2D eigenvalue weighted by molar-refractivity contribution is 5.91. The van der Waals surface area contributed by atoms with Gasteiger partial charge in [0.1, 0.15) is 11.3 Å². The molecule has 0 aromatic heterocycles. The summed E-state index contributed by atoms with van der Waals surface area (Å²) >= 11 is 0. The van der Waals surface area contributed by atoms with Crippen LogP contribution in [0.4, 0.5) is 0 Å². The van der Waals surface area contributed by atoms with Gasteiger partial charge in [-0.25, -0.2) is 4.79 Å². The number of carboxylic acid groups (broad SMARTS) is 1. The van der Waals surface area contributed by atoms with Gasteiger partial charge in [-0.05, 0) is 37.3 Å². The minimum atomic E-state index is -1.12. The van der Waals surface area contributed by atoms with E-state index in [-0.39, 0.29) is 36.1 Å². The third kappa shape index (κ3) is 5.42. The molecule has 0 spiro atoms. The fourth-order valence-electron chi connectivity index (χ4n) is 2.69. The summed E-state index contributed by atoms with van der Waals surface area (Å²) in [7, 11) is 0. The minimum absolute atomic E-state index is 0. The highest BCUT2D eigenvalue weighted by atomic mass is 35.5. The summed E-state index contributed by atoms with van der Waals surface area (Å²) in [6.07, 6.45) is 2.72. The van der Waals surface area contributed by atoms with Crippen LogP contribution in [0.1, 0.15) is 36.0 Å². The molecule has 1 aromatic rings. The Morgan fingerprint density at radius 3 is 2.50 bits per heavy atom. The number of carbonyl (C=O) groups is 2. The van der Waals surface area contributed by atoms with E-state index in [9.17, 15) is 9.59 Å². The lowest BCUT2D eigenvalue weighted by atomic mass is 9.92. The Morgan fingerprint density at radius 2 is 1.92 bits per heavy atom. The van der Waals surface area contributed by atoms with Crippen LogP contribution in [0.3, 0.4) is 0 Å². The highest BCUT2D eigenvalue weighted by Gasteiger charge is 2.21. The predicted molar refractivity (Wildman–Crippen MR) is 91.7 cm³/mol. The average Bonchev–Trinajstić information content (AvgIpc) is 2.53. The first-order valence-electron chi connectivity index (χ1n) is 7.59. The predicted octanol–water partition coefficient (Wildman–Crippen LogP) is 2.10. The molecule has 0 saturated carbocycles. The van der Waals surface area contributed by atoms with Crippen molar-refractivity contribution in [1.29, 1.82) is 5.41 Å². The Balaban J connectivity index is 0.00000288. The number of halogens is 1. The number of para-hydroxylation sites is 1. The van der Waals surface area contributed by atoms with E-state index < -0.39 is 11.9 Å². The van der Waals surface area contributed by atoms with Gasteiger partial charge in [0.05, 0.1) is 0 Å². The van der Waals surface area contributed by atoms with Crippen LogP contribution < -0.4 is 10.5 Å². The molecule has 4 N–H and O–H groups in total. The average molecular weight is 356 g/mol. The molecule has 0 radical (unpaired) electrons. The van der Waals surface area contributed by atoms with Crippen molar-refractivity contribution in [2.24, 2.45) is 11.7 Å². The summed E-state index contributed by atoms with van der Waals surface area (Å²) in [5.74, 6) is -0.977. The van der Waals surface area contributed by atoms with Gasteiger partial charge in [-0.15, -0.1) is 12.4 Å². The summed E-state index contributed by atoms with van der Waals surface area (Å²) in [5.41, 5.74) is 5.43. The van der Waals surface area contributed by atoms with Crippen LogP contribution in [0.5, 0.6) is 5.75 Å². The van der Waals surface area contributed by atoms with Crippen LogP contribution in [0.15, 0.2) is 24.3 Å². The molecule has 0 amide bonds. The Hall–Kier alpha value is -2.28. The summed E-state index contributed by atoms with van der Waals surface area (Å²) in [5, 5.41) is 16.4. The molecule has 132 valence electrons. The molecule has 24 heavy (non-hydrogen) atoms. The number of rotatable bonds is 5. The first-order chi connectivity index (χ1) is 11.0. The number of carbonyl (C=O) groups excluding carboxylic acids is 1. The van der Waals surface area contributed by atoms with Gasteiger partial charge in [-0.1, -0.05) is 12.1 Å². The molecule has 0 aliphatic carbocycles. The van der Waals surface area contributed by atoms with Crippen LogP contribution in [-0.2, 0) is 4.79 Å². The van der Waals surface area contributed by atoms with E-state index in [1.807, 2.05) is 4.90 Å². The number of carboxylic acids is 1. The quantitative estimate of drug-likeness (QED) is 0.322. The van der Waals surface area contributed by atoms with E-state index >= 15 is 0 Å². The van der Waals surface area contributed by atoms with E-state index in [0.29, 0.717) is 12.3 Å². The number of ether oxygens (including phenoxy) is 1. The van der Waals surface area contributed by atoms with E-state index in [0.717, 1.165) is 25.9 Å². The lowest BCUT2D eigenvalue weighted by Crippen LogP contribution is -2.42. The zero-order valence-electron chi connectivity index (χ0n) is 13.2. The number of nitrogens with two attached hydrogens (primary N) is 1. The zero-order chi connectivity index (χ0) is 16.8. The van der Waals surface area contributed by atoms with Crippen LogP contribution in [0, 0.1) is 11.3 Å². The molecule has 1 aliphatic rings. The third-order valence-corrected chi connectivity index (χ3v) is 4.05. The van der Waals surface area contributed by atoms with Gasteiger partial charge in [0, 0.05) is 19.5 Å². The first-order valence-corrected chi connectivity index (χ1v) is 7.59. The normalized spacial score (nSPS) is 14.6. The topological polar surface area (TPSA) is 117 Å².